The van der Waals surface area contributed by atoms with Crippen molar-refractivity contribution in [2.45, 2.75) is 0 Å². The summed E-state index contributed by atoms with van der Waals surface area (Å²) in [6.45, 7) is 0. The third kappa shape index (κ3) is 2.86. The number of nitrogens with zero attached hydrogens (tertiary/aromatic N) is 3. The maximum absolute atomic E-state index is 11.4. The van der Waals surface area contributed by atoms with Gasteiger partial charge in [0.2, 0.25) is 5.82 Å². The van der Waals surface area contributed by atoms with Crippen LogP contribution in [0.5, 0.6) is 0 Å². The van der Waals surface area contributed by atoms with Gasteiger partial charge < -0.3 is 10.1 Å². The predicted octanol–water partition coefficient (Wildman–Crippen LogP) is 1.91. The Morgan fingerprint density at radius 1 is 1.40 bits per heavy atom. The summed E-state index contributed by atoms with van der Waals surface area (Å²) in [5, 5.41) is 13.7. The Hall–Kier alpha value is -3.03. The maximum Gasteiger partial charge on any atom is 0.356 e. The van der Waals surface area contributed by atoms with Gasteiger partial charge in [0, 0.05) is 12.3 Å². The Labute approximate surface area is 113 Å². The van der Waals surface area contributed by atoms with Crippen molar-refractivity contribution in [2.24, 2.45) is 0 Å². The van der Waals surface area contributed by atoms with Gasteiger partial charge in [0.25, 0.3) is 0 Å². The molecule has 0 aliphatic carbocycles. The maximum atomic E-state index is 11.4. The summed E-state index contributed by atoms with van der Waals surface area (Å²) in [6.07, 6.45) is 3.05. The molecule has 0 saturated carbocycles. The first kappa shape index (κ1) is 13.4. The van der Waals surface area contributed by atoms with Crippen LogP contribution in [-0.4, -0.2) is 28.0 Å². The molecule has 0 aliphatic heterocycles. The van der Waals surface area contributed by atoms with Crippen molar-refractivity contribution in [1.82, 2.24) is 9.97 Å². The smallest absolute Gasteiger partial charge is 0.356 e. The van der Waals surface area contributed by atoms with Gasteiger partial charge in [-0.1, -0.05) is 0 Å². The highest BCUT2D eigenvalue weighted by atomic mass is 16.6. The van der Waals surface area contributed by atoms with Crippen LogP contribution >= 0.6 is 0 Å². The van der Waals surface area contributed by atoms with Gasteiger partial charge in [0.05, 0.1) is 23.9 Å². The number of esters is 1. The first-order valence-electron chi connectivity index (χ1n) is 5.52. The molecule has 0 spiro atoms. The SMILES string of the molecule is COC(=O)c1ccc([N+](=O)[O-])c(Nc2cccnc2)n1. The van der Waals surface area contributed by atoms with Gasteiger partial charge in [-0.05, 0) is 18.2 Å². The van der Waals surface area contributed by atoms with Crippen LogP contribution in [-0.2, 0) is 4.74 Å². The quantitative estimate of drug-likeness (QED) is 0.515. The summed E-state index contributed by atoms with van der Waals surface area (Å²) in [7, 11) is 1.21. The number of carbonyl (C=O) groups is 1. The summed E-state index contributed by atoms with van der Waals surface area (Å²) >= 11 is 0. The minimum atomic E-state index is -0.672. The molecule has 0 radical (unpaired) electrons. The summed E-state index contributed by atoms with van der Waals surface area (Å²) in [6, 6.07) is 5.76. The van der Waals surface area contributed by atoms with E-state index in [-0.39, 0.29) is 17.2 Å². The Morgan fingerprint density at radius 3 is 2.80 bits per heavy atom. The van der Waals surface area contributed by atoms with E-state index in [2.05, 4.69) is 20.0 Å². The molecule has 102 valence electrons. The van der Waals surface area contributed by atoms with Crippen molar-refractivity contribution >= 4 is 23.2 Å². The second-order valence-electron chi connectivity index (χ2n) is 3.68. The molecule has 2 rings (SSSR count). The normalized spacial score (nSPS) is 9.85. The molecule has 0 bridgehead atoms. The van der Waals surface area contributed by atoms with Crippen LogP contribution in [0, 0.1) is 10.1 Å². The number of nitrogens with one attached hydrogen (secondary N) is 1. The number of nitro groups is 1. The number of aromatic nitrogens is 2. The number of carbonyl (C=O) groups excluding carboxylic acids is 1. The van der Waals surface area contributed by atoms with Gasteiger partial charge in [0.1, 0.15) is 0 Å². The number of anilines is 2. The first-order valence-corrected chi connectivity index (χ1v) is 5.52. The molecule has 0 aromatic carbocycles. The van der Waals surface area contributed by atoms with E-state index >= 15 is 0 Å². The molecule has 0 fully saturated rings. The number of rotatable bonds is 4. The largest absolute Gasteiger partial charge is 0.464 e. The van der Waals surface area contributed by atoms with E-state index < -0.39 is 10.9 Å². The third-order valence-electron chi connectivity index (χ3n) is 2.39. The fraction of sp³-hybridized carbons (Fsp3) is 0.0833. The predicted molar refractivity (Wildman–Crippen MR) is 69.8 cm³/mol. The molecule has 0 aliphatic rings. The summed E-state index contributed by atoms with van der Waals surface area (Å²) in [5.41, 5.74) is 0.246. The zero-order valence-corrected chi connectivity index (χ0v) is 10.4. The molecule has 1 N–H and O–H groups in total. The summed E-state index contributed by atoms with van der Waals surface area (Å²) in [5.74, 6) is -0.722. The van der Waals surface area contributed by atoms with Crippen LogP contribution in [0.15, 0.2) is 36.7 Å². The second-order valence-corrected chi connectivity index (χ2v) is 3.68. The average molecular weight is 274 g/mol. The van der Waals surface area contributed by atoms with E-state index in [0.29, 0.717) is 5.69 Å². The number of hydrogen-bond donors (Lipinski definition) is 1. The Morgan fingerprint density at radius 2 is 2.20 bits per heavy atom. The second kappa shape index (κ2) is 5.74. The minimum absolute atomic E-state index is 0.0236. The van der Waals surface area contributed by atoms with Crippen LogP contribution < -0.4 is 5.32 Å². The summed E-state index contributed by atoms with van der Waals surface area (Å²) < 4.78 is 4.53. The molecule has 0 unspecified atom stereocenters. The van der Waals surface area contributed by atoms with Crippen molar-refractivity contribution < 1.29 is 14.5 Å². The van der Waals surface area contributed by atoms with Gasteiger partial charge in [-0.2, -0.15) is 0 Å². The van der Waals surface area contributed by atoms with Gasteiger partial charge in [0.15, 0.2) is 5.69 Å². The van der Waals surface area contributed by atoms with Gasteiger partial charge in [-0.25, -0.2) is 9.78 Å². The standard InChI is InChI=1S/C12H10N4O4/c1-20-12(17)9-4-5-10(16(18)19)11(15-9)14-8-3-2-6-13-7-8/h2-7H,1H3,(H,14,15). The Kier molecular flexibility index (Phi) is 3.85. The molecule has 0 saturated heterocycles. The van der Waals surface area contributed by atoms with Crippen molar-refractivity contribution in [3.63, 3.8) is 0 Å². The molecule has 8 heteroatoms. The van der Waals surface area contributed by atoms with E-state index in [4.69, 9.17) is 0 Å². The van der Waals surface area contributed by atoms with Crippen molar-refractivity contribution in [3.05, 3.63) is 52.5 Å². The highest BCUT2D eigenvalue weighted by Gasteiger charge is 2.19. The lowest BCUT2D eigenvalue weighted by atomic mass is 10.3. The van der Waals surface area contributed by atoms with Crippen LogP contribution in [0.1, 0.15) is 10.5 Å². The van der Waals surface area contributed by atoms with Crippen LogP contribution in [0.3, 0.4) is 0 Å². The van der Waals surface area contributed by atoms with Gasteiger partial charge >= 0.3 is 11.7 Å². The van der Waals surface area contributed by atoms with Crippen LogP contribution in [0.4, 0.5) is 17.2 Å². The highest BCUT2D eigenvalue weighted by molar-refractivity contribution is 5.88. The zero-order valence-electron chi connectivity index (χ0n) is 10.4. The fourth-order valence-corrected chi connectivity index (χ4v) is 1.48. The van der Waals surface area contributed by atoms with Crippen molar-refractivity contribution in [3.8, 4) is 0 Å². The number of hydrogen-bond acceptors (Lipinski definition) is 7. The van der Waals surface area contributed by atoms with E-state index in [0.717, 1.165) is 0 Å². The molecule has 0 atom stereocenters. The van der Waals surface area contributed by atoms with E-state index in [1.807, 2.05) is 0 Å². The lowest BCUT2D eigenvalue weighted by molar-refractivity contribution is -0.384. The summed E-state index contributed by atoms with van der Waals surface area (Å²) in [4.78, 5) is 29.6. The lowest BCUT2D eigenvalue weighted by Gasteiger charge is -2.07. The van der Waals surface area contributed by atoms with E-state index in [9.17, 15) is 14.9 Å². The van der Waals surface area contributed by atoms with Crippen LogP contribution in [0.2, 0.25) is 0 Å². The first-order chi connectivity index (χ1) is 9.61. The molecule has 8 nitrogen and oxygen atoms in total. The number of pyridine rings is 2. The Bertz CT molecular complexity index is 645. The number of ether oxygens (including phenoxy) is 1. The van der Waals surface area contributed by atoms with Gasteiger partial charge in [-0.15, -0.1) is 0 Å². The molecule has 2 aromatic rings. The molecule has 2 heterocycles. The zero-order chi connectivity index (χ0) is 14.5. The Balaban J connectivity index is 2.42. The molecular weight excluding hydrogens is 264 g/mol. The average Bonchev–Trinajstić information content (AvgIpc) is 2.47. The highest BCUT2D eigenvalue weighted by Crippen LogP contribution is 2.25. The van der Waals surface area contributed by atoms with Crippen LogP contribution in [0.25, 0.3) is 0 Å². The van der Waals surface area contributed by atoms with Crippen molar-refractivity contribution in [2.75, 3.05) is 12.4 Å². The number of methoxy groups -OCH3 is 1. The fourth-order valence-electron chi connectivity index (χ4n) is 1.48. The van der Waals surface area contributed by atoms with Crippen molar-refractivity contribution in [1.29, 1.82) is 0 Å². The molecule has 2 aromatic heterocycles. The van der Waals surface area contributed by atoms with E-state index in [1.54, 1.807) is 18.3 Å². The lowest BCUT2D eigenvalue weighted by Crippen LogP contribution is -2.08. The molecule has 20 heavy (non-hydrogen) atoms. The third-order valence-corrected chi connectivity index (χ3v) is 2.39. The van der Waals surface area contributed by atoms with E-state index in [1.165, 1.54) is 25.4 Å². The topological polar surface area (TPSA) is 107 Å². The minimum Gasteiger partial charge on any atom is -0.464 e. The molecular formula is C12H10N4O4. The monoisotopic (exact) mass is 274 g/mol. The van der Waals surface area contributed by atoms with Gasteiger partial charge in [-0.3, -0.25) is 15.1 Å². The molecule has 0 amide bonds.